The summed E-state index contributed by atoms with van der Waals surface area (Å²) in [5.41, 5.74) is 4.67. The van der Waals surface area contributed by atoms with E-state index in [-0.39, 0.29) is 17.6 Å². The van der Waals surface area contributed by atoms with Gasteiger partial charge in [-0.2, -0.15) is 5.10 Å². The maximum atomic E-state index is 12.1. The third kappa shape index (κ3) is 5.59. The number of benzene rings is 2. The number of nitrogens with zero attached hydrogens (tertiary/aromatic N) is 1. The van der Waals surface area contributed by atoms with Gasteiger partial charge < -0.3 is 9.73 Å². The average Bonchev–Trinajstić information content (AvgIpc) is 3.15. The Morgan fingerprint density at radius 1 is 1.04 bits per heavy atom. The molecule has 3 rings (SSSR count). The largest absolute Gasteiger partial charge is 0.449 e. The van der Waals surface area contributed by atoms with Crippen molar-refractivity contribution in [2.24, 2.45) is 5.10 Å². The molecule has 0 aliphatic rings. The lowest BCUT2D eigenvalue weighted by Gasteiger charge is -2.03. The summed E-state index contributed by atoms with van der Waals surface area (Å²) >= 11 is 1.28. The van der Waals surface area contributed by atoms with Crippen LogP contribution in [0.2, 0.25) is 0 Å². The normalized spacial score (nSPS) is 10.8. The Kier molecular flexibility index (Phi) is 6.64. The van der Waals surface area contributed by atoms with E-state index in [4.69, 9.17) is 4.42 Å². The Bertz CT molecular complexity index is 983. The van der Waals surface area contributed by atoms with Crippen molar-refractivity contribution < 1.29 is 14.0 Å². The summed E-state index contributed by atoms with van der Waals surface area (Å²) < 4.78 is 5.58. The van der Waals surface area contributed by atoms with E-state index in [1.165, 1.54) is 18.0 Å². The van der Waals surface area contributed by atoms with Crippen LogP contribution in [0.1, 0.15) is 21.7 Å². The minimum Gasteiger partial charge on any atom is -0.449 e. The first-order valence-electron chi connectivity index (χ1n) is 8.58. The van der Waals surface area contributed by atoms with E-state index in [0.29, 0.717) is 16.4 Å². The van der Waals surface area contributed by atoms with Crippen molar-refractivity contribution in [3.8, 4) is 0 Å². The second kappa shape index (κ2) is 9.57. The molecule has 3 aromatic rings. The average molecular weight is 393 g/mol. The van der Waals surface area contributed by atoms with E-state index in [9.17, 15) is 9.59 Å². The number of thioether (sulfide) groups is 1. The summed E-state index contributed by atoms with van der Waals surface area (Å²) in [4.78, 5) is 24.0. The standard InChI is InChI=1S/C21H19N3O3S/c1-15-7-5-6-10-18(15)21(26)24-22-13-17-11-12-20(27-17)28-14-19(25)23-16-8-3-2-4-9-16/h2-13H,14H2,1H3,(H,23,25)(H,24,26)/b22-13+. The molecule has 6 nitrogen and oxygen atoms in total. The van der Waals surface area contributed by atoms with Crippen LogP contribution in [-0.4, -0.2) is 23.8 Å². The monoisotopic (exact) mass is 393 g/mol. The predicted molar refractivity (Wildman–Crippen MR) is 111 cm³/mol. The van der Waals surface area contributed by atoms with Gasteiger partial charge in [0.1, 0.15) is 5.76 Å². The molecule has 2 amide bonds. The van der Waals surface area contributed by atoms with Gasteiger partial charge in [0, 0.05) is 11.3 Å². The van der Waals surface area contributed by atoms with Gasteiger partial charge in [0.05, 0.1) is 12.0 Å². The number of furan rings is 1. The van der Waals surface area contributed by atoms with Crippen LogP contribution in [0.3, 0.4) is 0 Å². The number of anilines is 1. The molecule has 0 fully saturated rings. The predicted octanol–water partition coefficient (Wildman–Crippen LogP) is 4.08. The van der Waals surface area contributed by atoms with Crippen LogP contribution in [-0.2, 0) is 4.79 Å². The Labute approximate surface area is 167 Å². The zero-order chi connectivity index (χ0) is 19.8. The van der Waals surface area contributed by atoms with E-state index in [2.05, 4.69) is 15.8 Å². The smallest absolute Gasteiger partial charge is 0.271 e. The maximum absolute atomic E-state index is 12.1. The number of nitrogens with one attached hydrogen (secondary N) is 2. The number of carbonyl (C=O) groups is 2. The minimum atomic E-state index is -0.284. The Balaban J connectivity index is 1.47. The Morgan fingerprint density at radius 2 is 1.79 bits per heavy atom. The molecule has 0 aliphatic carbocycles. The molecule has 142 valence electrons. The van der Waals surface area contributed by atoms with Crippen molar-refractivity contribution in [2.45, 2.75) is 12.0 Å². The number of para-hydroxylation sites is 1. The molecular formula is C21H19N3O3S. The number of hydrogen-bond donors (Lipinski definition) is 2. The van der Waals surface area contributed by atoms with E-state index in [0.717, 1.165) is 11.3 Å². The molecule has 1 heterocycles. The van der Waals surface area contributed by atoms with Gasteiger partial charge in [-0.25, -0.2) is 5.43 Å². The third-order valence-corrected chi connectivity index (χ3v) is 4.66. The van der Waals surface area contributed by atoms with Crippen LogP contribution >= 0.6 is 11.8 Å². The number of amides is 2. The van der Waals surface area contributed by atoms with Crippen LogP contribution in [0.25, 0.3) is 0 Å². The van der Waals surface area contributed by atoms with Crippen molar-refractivity contribution >= 4 is 35.5 Å². The lowest BCUT2D eigenvalue weighted by Crippen LogP contribution is -2.18. The minimum absolute atomic E-state index is 0.117. The molecule has 0 saturated carbocycles. The first kappa shape index (κ1) is 19.4. The maximum Gasteiger partial charge on any atom is 0.271 e. The van der Waals surface area contributed by atoms with Crippen LogP contribution in [0, 0.1) is 6.92 Å². The number of hydrazone groups is 1. The Hall–Kier alpha value is -3.32. The fraction of sp³-hybridized carbons (Fsp3) is 0.0952. The molecule has 0 bridgehead atoms. The second-order valence-electron chi connectivity index (χ2n) is 5.87. The molecule has 0 saturated heterocycles. The molecule has 7 heteroatoms. The SMILES string of the molecule is Cc1ccccc1C(=O)N/N=C/c1ccc(SCC(=O)Nc2ccccc2)o1. The quantitative estimate of drug-likeness (QED) is 0.360. The zero-order valence-corrected chi connectivity index (χ0v) is 16.0. The molecule has 2 aromatic carbocycles. The van der Waals surface area contributed by atoms with Crippen molar-refractivity contribution in [3.63, 3.8) is 0 Å². The van der Waals surface area contributed by atoms with E-state index >= 15 is 0 Å². The van der Waals surface area contributed by atoms with Crippen molar-refractivity contribution in [2.75, 3.05) is 11.1 Å². The van der Waals surface area contributed by atoms with E-state index in [1.807, 2.05) is 49.4 Å². The summed E-state index contributed by atoms with van der Waals surface area (Å²) in [6, 6.07) is 20.0. The van der Waals surface area contributed by atoms with Crippen molar-refractivity contribution in [1.82, 2.24) is 5.43 Å². The molecule has 0 unspecified atom stereocenters. The fourth-order valence-corrected chi connectivity index (χ4v) is 3.04. The van der Waals surface area contributed by atoms with E-state index < -0.39 is 0 Å². The summed E-state index contributed by atoms with van der Waals surface area (Å²) in [5, 5.41) is 7.32. The molecule has 1 aromatic heterocycles. The van der Waals surface area contributed by atoms with Crippen molar-refractivity contribution in [3.05, 3.63) is 83.6 Å². The molecule has 2 N–H and O–H groups in total. The Morgan fingerprint density at radius 3 is 2.57 bits per heavy atom. The molecule has 0 spiro atoms. The number of carbonyl (C=O) groups excluding carboxylic acids is 2. The lowest BCUT2D eigenvalue weighted by molar-refractivity contribution is -0.113. The first-order chi connectivity index (χ1) is 13.6. The summed E-state index contributed by atoms with van der Waals surface area (Å²) in [7, 11) is 0. The van der Waals surface area contributed by atoms with Crippen LogP contribution in [0.5, 0.6) is 0 Å². The zero-order valence-electron chi connectivity index (χ0n) is 15.2. The highest BCUT2D eigenvalue weighted by atomic mass is 32.2. The summed E-state index contributed by atoms with van der Waals surface area (Å²) in [5.74, 6) is 0.306. The number of rotatable bonds is 7. The van der Waals surface area contributed by atoms with Gasteiger partial charge in [0.25, 0.3) is 5.91 Å². The van der Waals surface area contributed by atoms with Gasteiger partial charge in [-0.1, -0.05) is 48.2 Å². The van der Waals surface area contributed by atoms with Gasteiger partial charge in [-0.3, -0.25) is 9.59 Å². The molecule has 28 heavy (non-hydrogen) atoms. The summed E-state index contributed by atoms with van der Waals surface area (Å²) in [6.07, 6.45) is 1.42. The van der Waals surface area contributed by atoms with Crippen LogP contribution in [0.4, 0.5) is 5.69 Å². The fourth-order valence-electron chi connectivity index (χ4n) is 2.38. The molecule has 0 aliphatic heterocycles. The van der Waals surface area contributed by atoms with Gasteiger partial charge in [0.15, 0.2) is 5.09 Å². The van der Waals surface area contributed by atoms with Gasteiger partial charge in [-0.05, 0) is 42.8 Å². The van der Waals surface area contributed by atoms with Gasteiger partial charge in [0.2, 0.25) is 5.91 Å². The first-order valence-corrected chi connectivity index (χ1v) is 9.57. The highest BCUT2D eigenvalue weighted by Crippen LogP contribution is 2.20. The molecule has 0 atom stereocenters. The third-order valence-electron chi connectivity index (χ3n) is 3.75. The number of aryl methyl sites for hydroxylation is 1. The van der Waals surface area contributed by atoms with Gasteiger partial charge >= 0.3 is 0 Å². The van der Waals surface area contributed by atoms with Crippen LogP contribution < -0.4 is 10.7 Å². The van der Waals surface area contributed by atoms with Gasteiger partial charge in [-0.15, -0.1) is 0 Å². The lowest BCUT2D eigenvalue weighted by atomic mass is 10.1. The molecular weight excluding hydrogens is 374 g/mol. The summed E-state index contributed by atoms with van der Waals surface area (Å²) in [6.45, 7) is 1.86. The highest BCUT2D eigenvalue weighted by Gasteiger charge is 2.08. The highest BCUT2D eigenvalue weighted by molar-refractivity contribution is 7.99. The number of hydrogen-bond acceptors (Lipinski definition) is 5. The second-order valence-corrected chi connectivity index (χ2v) is 6.85. The molecule has 0 radical (unpaired) electrons. The topological polar surface area (TPSA) is 83.7 Å². The van der Waals surface area contributed by atoms with Crippen molar-refractivity contribution in [1.29, 1.82) is 0 Å². The van der Waals surface area contributed by atoms with Crippen LogP contribution in [0.15, 0.2) is 81.3 Å². The van der Waals surface area contributed by atoms with E-state index in [1.54, 1.807) is 24.3 Å².